The molecule has 0 amide bonds. The molecule has 0 spiro atoms. The molecule has 4 N–H and O–H groups in total. The Morgan fingerprint density at radius 2 is 1.76 bits per heavy atom. The van der Waals surface area contributed by atoms with Crippen molar-refractivity contribution in [2.45, 2.75) is 90.8 Å². The SMILES string of the molecule is CCn1nc(Cc2ccc(OC(C)(C)C)cc2)cc1C1CCN(C[C@H]2CN([C@@H](C(=O)[O-])C(C)C)C[C@@H]2c2cccc(F)c2)CC1.[NH4+]. The van der Waals surface area contributed by atoms with Crippen molar-refractivity contribution in [2.75, 3.05) is 32.7 Å². The lowest BCUT2D eigenvalue weighted by molar-refractivity contribution is -0.313. The minimum absolute atomic E-state index is 0. The van der Waals surface area contributed by atoms with Crippen molar-refractivity contribution < 1.29 is 19.0 Å². The Morgan fingerprint density at radius 3 is 2.35 bits per heavy atom. The summed E-state index contributed by atoms with van der Waals surface area (Å²) in [5.74, 6) is 0.297. The molecule has 9 heteroatoms. The summed E-state index contributed by atoms with van der Waals surface area (Å²) in [5.41, 5.74) is 4.36. The number of carbonyl (C=O) groups is 1. The zero-order valence-electron chi connectivity index (χ0n) is 28.8. The fourth-order valence-corrected chi connectivity index (χ4v) is 7.41. The molecule has 3 atom stereocenters. The zero-order valence-corrected chi connectivity index (χ0v) is 28.8. The summed E-state index contributed by atoms with van der Waals surface area (Å²) in [5, 5.41) is 17.0. The average Bonchev–Trinajstić information content (AvgIpc) is 3.57. The van der Waals surface area contributed by atoms with Crippen molar-refractivity contribution in [3.8, 4) is 5.75 Å². The molecule has 2 aliphatic heterocycles. The van der Waals surface area contributed by atoms with Gasteiger partial charge < -0.3 is 25.7 Å². The summed E-state index contributed by atoms with van der Waals surface area (Å²) >= 11 is 0. The second-order valence-corrected chi connectivity index (χ2v) is 14.4. The number of rotatable bonds is 11. The molecule has 3 heterocycles. The maximum atomic E-state index is 14.2. The molecule has 3 aromatic rings. The van der Waals surface area contributed by atoms with E-state index in [4.69, 9.17) is 9.84 Å². The van der Waals surface area contributed by atoms with Crippen molar-refractivity contribution >= 4 is 5.97 Å². The van der Waals surface area contributed by atoms with Crippen LogP contribution < -0.4 is 16.0 Å². The van der Waals surface area contributed by atoms with Crippen LogP contribution in [0.2, 0.25) is 0 Å². The van der Waals surface area contributed by atoms with Gasteiger partial charge in [0.1, 0.15) is 17.2 Å². The van der Waals surface area contributed by atoms with Gasteiger partial charge in [-0.15, -0.1) is 0 Å². The standard InChI is InChI=1S/C37H51FN4O3.H3N/c1-7-42-34(21-31(39-42)19-26-11-13-32(14-12-26)45-37(4,5)6)27-15-17-40(18-16-27)22-29-23-41(35(25(2)3)36(43)44)24-33(29)28-9-8-10-30(38)20-28;/h8-14,20-21,25,27,29,33,35H,7,15-19,22-24H2,1-6H3,(H,43,44);1H3/t29-,33+,35+;/m0./s1. The Hall–Kier alpha value is -3.27. The first kappa shape index (κ1) is 35.6. The Labute approximate surface area is 274 Å². The highest BCUT2D eigenvalue weighted by Crippen LogP contribution is 2.37. The van der Waals surface area contributed by atoms with Crippen LogP contribution in [0, 0.1) is 17.7 Å². The molecule has 0 bridgehead atoms. The molecule has 2 aromatic carbocycles. The Kier molecular flexibility index (Phi) is 11.7. The highest BCUT2D eigenvalue weighted by molar-refractivity contribution is 5.71. The Morgan fingerprint density at radius 1 is 1.07 bits per heavy atom. The van der Waals surface area contributed by atoms with E-state index in [-0.39, 0.29) is 35.3 Å². The normalized spacial score (nSPS) is 20.5. The van der Waals surface area contributed by atoms with Gasteiger partial charge in [-0.25, -0.2) is 4.39 Å². The highest BCUT2D eigenvalue weighted by atomic mass is 19.1. The number of hydrogen-bond donors (Lipinski definition) is 1. The maximum absolute atomic E-state index is 14.2. The number of ether oxygens (including phenoxy) is 1. The highest BCUT2D eigenvalue weighted by Gasteiger charge is 2.39. The third-order valence-electron chi connectivity index (χ3n) is 9.40. The number of halogens is 1. The molecule has 2 fully saturated rings. The minimum Gasteiger partial charge on any atom is -0.548 e. The van der Waals surface area contributed by atoms with E-state index >= 15 is 0 Å². The van der Waals surface area contributed by atoms with Gasteiger partial charge >= 0.3 is 0 Å². The largest absolute Gasteiger partial charge is 0.548 e. The topological polar surface area (TPSA) is 110 Å². The molecule has 46 heavy (non-hydrogen) atoms. The first-order valence-corrected chi connectivity index (χ1v) is 16.7. The van der Waals surface area contributed by atoms with Crippen molar-refractivity contribution in [2.24, 2.45) is 11.8 Å². The number of piperidine rings is 1. The van der Waals surface area contributed by atoms with Crippen LogP contribution in [0.1, 0.15) is 88.7 Å². The van der Waals surface area contributed by atoms with Gasteiger partial charge in [0, 0.05) is 50.1 Å². The number of hydrogen-bond acceptors (Lipinski definition) is 6. The van der Waals surface area contributed by atoms with Gasteiger partial charge in [0.15, 0.2) is 0 Å². The van der Waals surface area contributed by atoms with Gasteiger partial charge in [-0.1, -0.05) is 38.1 Å². The Balaban J connectivity index is 0.00000480. The summed E-state index contributed by atoms with van der Waals surface area (Å²) in [7, 11) is 0. The van der Waals surface area contributed by atoms with E-state index in [1.54, 1.807) is 12.1 Å². The van der Waals surface area contributed by atoms with E-state index in [2.05, 4.69) is 60.4 Å². The number of quaternary nitrogens is 1. The lowest BCUT2D eigenvalue weighted by Gasteiger charge is -2.35. The molecule has 252 valence electrons. The first-order chi connectivity index (χ1) is 21.4. The molecule has 2 saturated heterocycles. The van der Waals surface area contributed by atoms with Gasteiger partial charge in [-0.3, -0.25) is 9.58 Å². The molecule has 0 saturated carbocycles. The van der Waals surface area contributed by atoms with Crippen LogP contribution in [-0.2, 0) is 17.8 Å². The third-order valence-corrected chi connectivity index (χ3v) is 9.40. The molecule has 0 aliphatic carbocycles. The molecule has 0 unspecified atom stereocenters. The summed E-state index contributed by atoms with van der Waals surface area (Å²) in [6.45, 7) is 17.1. The van der Waals surface area contributed by atoms with E-state index in [0.717, 1.165) is 62.4 Å². The number of carbonyl (C=O) groups excluding carboxylic acids is 1. The second kappa shape index (κ2) is 15.1. The summed E-state index contributed by atoms with van der Waals surface area (Å²) in [4.78, 5) is 16.7. The number of likely N-dealkylation sites (tertiary alicyclic amines) is 2. The minimum atomic E-state index is -1.03. The number of carboxylic acid groups (broad SMARTS) is 1. The predicted octanol–water partition coefficient (Wildman–Crippen LogP) is 5.86. The summed E-state index contributed by atoms with van der Waals surface area (Å²) in [6.07, 6.45) is 2.90. The summed E-state index contributed by atoms with van der Waals surface area (Å²) < 4.78 is 22.4. The lowest BCUT2D eigenvalue weighted by Crippen LogP contribution is -2.50. The van der Waals surface area contributed by atoms with E-state index in [0.29, 0.717) is 19.0 Å². The van der Waals surface area contributed by atoms with E-state index in [1.165, 1.54) is 17.3 Å². The van der Waals surface area contributed by atoms with E-state index < -0.39 is 12.0 Å². The van der Waals surface area contributed by atoms with E-state index in [9.17, 15) is 14.3 Å². The smallest absolute Gasteiger partial charge is 0.123 e. The predicted molar refractivity (Wildman–Crippen MR) is 180 cm³/mol. The lowest BCUT2D eigenvalue weighted by atomic mass is 9.87. The monoisotopic (exact) mass is 635 g/mol. The van der Waals surface area contributed by atoms with Crippen LogP contribution in [0.5, 0.6) is 5.75 Å². The first-order valence-electron chi connectivity index (χ1n) is 16.7. The number of carboxylic acids is 1. The number of aryl methyl sites for hydroxylation is 1. The van der Waals surface area contributed by atoms with Gasteiger partial charge in [0.25, 0.3) is 0 Å². The van der Waals surface area contributed by atoms with Crippen LogP contribution >= 0.6 is 0 Å². The molecular formula is C37H54FN5O3. The fraction of sp³-hybridized carbons (Fsp3) is 0.568. The Bertz CT molecular complexity index is 1430. The van der Waals surface area contributed by atoms with Crippen molar-refractivity contribution in [3.63, 3.8) is 0 Å². The maximum Gasteiger partial charge on any atom is 0.123 e. The van der Waals surface area contributed by atoms with E-state index in [1.807, 2.05) is 32.0 Å². The number of benzene rings is 2. The van der Waals surface area contributed by atoms with Crippen LogP contribution in [0.15, 0.2) is 54.6 Å². The van der Waals surface area contributed by atoms with Gasteiger partial charge in [0.2, 0.25) is 0 Å². The molecule has 1 aromatic heterocycles. The van der Waals surface area contributed by atoms with Crippen molar-refractivity contribution in [3.05, 3.63) is 82.9 Å². The van der Waals surface area contributed by atoms with Gasteiger partial charge in [-0.2, -0.15) is 5.10 Å². The number of aromatic nitrogens is 2. The molecule has 2 aliphatic rings. The molecule has 5 rings (SSSR count). The number of aliphatic carboxylic acids is 1. The third kappa shape index (κ3) is 8.75. The van der Waals surface area contributed by atoms with Gasteiger partial charge in [0.05, 0.1) is 17.7 Å². The zero-order chi connectivity index (χ0) is 32.3. The van der Waals surface area contributed by atoms with Crippen LogP contribution in [0.25, 0.3) is 0 Å². The quantitative estimate of drug-likeness (QED) is 0.283. The second-order valence-electron chi connectivity index (χ2n) is 14.4. The van der Waals surface area contributed by atoms with Gasteiger partial charge in [-0.05, 0) is 107 Å². The van der Waals surface area contributed by atoms with Crippen LogP contribution in [0.3, 0.4) is 0 Å². The fourth-order valence-electron chi connectivity index (χ4n) is 7.41. The van der Waals surface area contributed by atoms with Crippen LogP contribution in [-0.4, -0.2) is 69.9 Å². The van der Waals surface area contributed by atoms with Crippen LogP contribution in [0.4, 0.5) is 4.39 Å². The number of nitrogens with zero attached hydrogens (tertiary/aromatic N) is 4. The van der Waals surface area contributed by atoms with Crippen molar-refractivity contribution in [1.29, 1.82) is 0 Å². The van der Waals surface area contributed by atoms with Crippen molar-refractivity contribution in [1.82, 2.24) is 25.7 Å². The average molecular weight is 636 g/mol. The molecule has 8 nitrogen and oxygen atoms in total. The molecule has 0 radical (unpaired) electrons. The summed E-state index contributed by atoms with van der Waals surface area (Å²) in [6, 6.07) is 16.8. The molecular weight excluding hydrogens is 581 g/mol.